The van der Waals surface area contributed by atoms with Gasteiger partial charge >= 0.3 is 6.03 Å². The van der Waals surface area contributed by atoms with E-state index in [2.05, 4.69) is 41.8 Å². The Labute approximate surface area is 199 Å². The van der Waals surface area contributed by atoms with Crippen LogP contribution in [0.2, 0.25) is 0 Å². The van der Waals surface area contributed by atoms with Crippen molar-refractivity contribution in [2.45, 2.75) is 19.3 Å². The fraction of sp³-hybridized carbons (Fsp3) is 0.296. The second kappa shape index (κ2) is 10.6. The number of hydrogen-bond acceptors (Lipinski definition) is 4. The van der Waals surface area contributed by atoms with E-state index in [9.17, 15) is 9.18 Å². The molecule has 1 aliphatic carbocycles. The van der Waals surface area contributed by atoms with Crippen molar-refractivity contribution in [3.63, 3.8) is 0 Å². The number of carbonyl (C=O) groups excluding carboxylic acids is 1. The standard InChI is InChI=1S/C27H30FN3O3/c1-31(2)17-18-4-5-20-15-22(7-6-19(20)14-18)30-27(32)29-21-8-10-23(11-9-21)34-24-12-13-26(33-3)25(28)16-24/h6-13,15-16,18H,4-5,14,17H2,1-3H3,(H2,29,30,32). The minimum Gasteiger partial charge on any atom is -0.494 e. The minimum absolute atomic E-state index is 0.158. The molecule has 0 aliphatic heterocycles. The number of methoxy groups -OCH3 is 1. The first kappa shape index (κ1) is 23.6. The van der Waals surface area contributed by atoms with Crippen LogP contribution in [0.3, 0.4) is 0 Å². The number of ether oxygens (including phenoxy) is 2. The smallest absolute Gasteiger partial charge is 0.323 e. The summed E-state index contributed by atoms with van der Waals surface area (Å²) in [5, 5.41) is 5.74. The van der Waals surface area contributed by atoms with Gasteiger partial charge in [0.15, 0.2) is 11.6 Å². The SMILES string of the molecule is COc1ccc(Oc2ccc(NC(=O)Nc3ccc4c(c3)CCC(CN(C)C)C4)cc2)cc1F. The lowest BCUT2D eigenvalue weighted by Crippen LogP contribution is -2.26. The summed E-state index contributed by atoms with van der Waals surface area (Å²) in [5.74, 6) is 1.23. The van der Waals surface area contributed by atoms with Crippen LogP contribution in [0, 0.1) is 11.7 Å². The van der Waals surface area contributed by atoms with Crippen molar-refractivity contribution in [2.75, 3.05) is 38.4 Å². The monoisotopic (exact) mass is 463 g/mol. The Balaban J connectivity index is 1.31. The summed E-state index contributed by atoms with van der Waals surface area (Å²) >= 11 is 0. The predicted molar refractivity (Wildman–Crippen MR) is 133 cm³/mol. The van der Waals surface area contributed by atoms with Gasteiger partial charge in [-0.15, -0.1) is 0 Å². The lowest BCUT2D eigenvalue weighted by molar-refractivity contribution is 0.262. The van der Waals surface area contributed by atoms with Crippen LogP contribution in [-0.2, 0) is 12.8 Å². The summed E-state index contributed by atoms with van der Waals surface area (Å²) in [6.07, 6.45) is 3.28. The van der Waals surface area contributed by atoms with Crippen LogP contribution in [0.5, 0.6) is 17.2 Å². The van der Waals surface area contributed by atoms with Crippen LogP contribution in [-0.4, -0.2) is 38.7 Å². The molecule has 178 valence electrons. The molecule has 0 saturated heterocycles. The third kappa shape index (κ3) is 6.05. The van der Waals surface area contributed by atoms with E-state index in [1.165, 1.54) is 36.8 Å². The van der Waals surface area contributed by atoms with Crippen LogP contribution in [0.15, 0.2) is 60.7 Å². The molecular formula is C27H30FN3O3. The molecule has 0 aromatic heterocycles. The van der Waals surface area contributed by atoms with Crippen LogP contribution in [0.4, 0.5) is 20.6 Å². The van der Waals surface area contributed by atoms with Gasteiger partial charge in [0.25, 0.3) is 0 Å². The van der Waals surface area contributed by atoms with Gasteiger partial charge in [-0.3, -0.25) is 0 Å². The molecule has 0 radical (unpaired) electrons. The Morgan fingerprint density at radius 2 is 1.68 bits per heavy atom. The van der Waals surface area contributed by atoms with E-state index in [0.717, 1.165) is 25.1 Å². The van der Waals surface area contributed by atoms with E-state index < -0.39 is 5.82 Å². The second-order valence-electron chi connectivity index (χ2n) is 8.86. The number of halogens is 1. The van der Waals surface area contributed by atoms with Crippen molar-refractivity contribution in [1.29, 1.82) is 0 Å². The number of urea groups is 1. The summed E-state index contributed by atoms with van der Waals surface area (Å²) in [5.41, 5.74) is 4.08. The zero-order chi connectivity index (χ0) is 24.1. The molecule has 2 N–H and O–H groups in total. The quantitative estimate of drug-likeness (QED) is 0.455. The van der Waals surface area contributed by atoms with E-state index >= 15 is 0 Å². The Bertz CT molecular complexity index is 1150. The summed E-state index contributed by atoms with van der Waals surface area (Å²) in [4.78, 5) is 14.7. The topological polar surface area (TPSA) is 62.8 Å². The van der Waals surface area contributed by atoms with Gasteiger partial charge in [-0.2, -0.15) is 0 Å². The lowest BCUT2D eigenvalue weighted by Gasteiger charge is -2.27. The third-order valence-electron chi connectivity index (χ3n) is 5.89. The number of aryl methyl sites for hydroxylation is 1. The zero-order valence-corrected chi connectivity index (χ0v) is 19.7. The number of fused-ring (bicyclic) bond motifs is 1. The normalized spacial score (nSPS) is 14.9. The summed E-state index contributed by atoms with van der Waals surface area (Å²) < 4.78 is 24.4. The minimum atomic E-state index is -0.495. The molecule has 0 spiro atoms. The Kier molecular flexibility index (Phi) is 7.33. The number of carbonyl (C=O) groups is 1. The summed E-state index contributed by atoms with van der Waals surface area (Å²) in [7, 11) is 5.64. The molecule has 1 unspecified atom stereocenters. The first-order valence-electron chi connectivity index (χ1n) is 11.4. The van der Waals surface area contributed by atoms with Crippen molar-refractivity contribution >= 4 is 17.4 Å². The summed E-state index contributed by atoms with van der Waals surface area (Å²) in [6.45, 7) is 1.10. The fourth-order valence-corrected chi connectivity index (χ4v) is 4.33. The molecule has 0 bridgehead atoms. The Hall–Kier alpha value is -3.58. The number of hydrogen-bond donors (Lipinski definition) is 2. The predicted octanol–water partition coefficient (Wildman–Crippen LogP) is 5.94. The molecule has 1 aliphatic rings. The Morgan fingerprint density at radius 3 is 2.38 bits per heavy atom. The maximum Gasteiger partial charge on any atom is 0.323 e. The van der Waals surface area contributed by atoms with Crippen molar-refractivity contribution < 1.29 is 18.7 Å². The number of benzene rings is 3. The zero-order valence-electron chi connectivity index (χ0n) is 19.7. The average molecular weight is 464 g/mol. The highest BCUT2D eigenvalue weighted by molar-refractivity contribution is 5.99. The van der Waals surface area contributed by atoms with E-state index in [1.807, 2.05) is 6.07 Å². The second-order valence-corrected chi connectivity index (χ2v) is 8.86. The van der Waals surface area contributed by atoms with Gasteiger partial charge in [0.2, 0.25) is 0 Å². The molecule has 6 nitrogen and oxygen atoms in total. The maximum atomic E-state index is 13.8. The van der Waals surface area contributed by atoms with Gasteiger partial charge in [-0.05, 0) is 98.9 Å². The van der Waals surface area contributed by atoms with E-state index in [1.54, 1.807) is 30.3 Å². The van der Waals surface area contributed by atoms with Crippen molar-refractivity contribution in [1.82, 2.24) is 4.90 Å². The number of amides is 2. The molecule has 0 saturated carbocycles. The van der Waals surface area contributed by atoms with Gasteiger partial charge in [-0.25, -0.2) is 9.18 Å². The van der Waals surface area contributed by atoms with E-state index in [0.29, 0.717) is 23.1 Å². The van der Waals surface area contributed by atoms with Gasteiger partial charge in [0.1, 0.15) is 11.5 Å². The molecule has 3 aromatic carbocycles. The molecule has 2 amide bonds. The van der Waals surface area contributed by atoms with Crippen LogP contribution in [0.1, 0.15) is 17.5 Å². The molecule has 4 rings (SSSR count). The molecule has 3 aromatic rings. The largest absolute Gasteiger partial charge is 0.494 e. The van der Waals surface area contributed by atoms with Crippen molar-refractivity contribution in [2.24, 2.45) is 5.92 Å². The summed E-state index contributed by atoms with van der Waals surface area (Å²) in [6, 6.07) is 17.1. The first-order valence-corrected chi connectivity index (χ1v) is 11.4. The molecule has 0 heterocycles. The average Bonchev–Trinajstić information content (AvgIpc) is 2.80. The van der Waals surface area contributed by atoms with Crippen LogP contribution < -0.4 is 20.1 Å². The van der Waals surface area contributed by atoms with Crippen LogP contribution >= 0.6 is 0 Å². The van der Waals surface area contributed by atoms with Gasteiger partial charge in [0.05, 0.1) is 7.11 Å². The number of rotatable bonds is 7. The molecule has 0 fully saturated rings. The number of anilines is 2. The number of nitrogens with one attached hydrogen (secondary N) is 2. The van der Waals surface area contributed by atoms with Crippen molar-refractivity contribution in [3.05, 3.63) is 77.6 Å². The molecule has 1 atom stereocenters. The van der Waals surface area contributed by atoms with Gasteiger partial charge < -0.3 is 25.0 Å². The molecule has 7 heteroatoms. The third-order valence-corrected chi connectivity index (χ3v) is 5.89. The first-order chi connectivity index (χ1) is 16.4. The van der Waals surface area contributed by atoms with Crippen LogP contribution in [0.25, 0.3) is 0 Å². The molecular weight excluding hydrogens is 433 g/mol. The highest BCUT2D eigenvalue weighted by Gasteiger charge is 2.19. The lowest BCUT2D eigenvalue weighted by atomic mass is 9.83. The van der Waals surface area contributed by atoms with E-state index in [4.69, 9.17) is 9.47 Å². The maximum absolute atomic E-state index is 13.8. The molecule has 34 heavy (non-hydrogen) atoms. The fourth-order valence-electron chi connectivity index (χ4n) is 4.33. The van der Waals surface area contributed by atoms with E-state index in [-0.39, 0.29) is 11.8 Å². The number of nitrogens with zero attached hydrogens (tertiary/aromatic N) is 1. The van der Waals surface area contributed by atoms with Gasteiger partial charge in [0, 0.05) is 24.0 Å². The van der Waals surface area contributed by atoms with Gasteiger partial charge in [-0.1, -0.05) is 6.07 Å². The highest BCUT2D eigenvalue weighted by atomic mass is 19.1. The highest BCUT2D eigenvalue weighted by Crippen LogP contribution is 2.29. The Morgan fingerprint density at radius 1 is 0.971 bits per heavy atom. The van der Waals surface area contributed by atoms with Crippen molar-refractivity contribution in [3.8, 4) is 17.2 Å².